The largest absolute Gasteiger partial charge is 0.378 e. The molecule has 2 atom stereocenters. The summed E-state index contributed by atoms with van der Waals surface area (Å²) >= 11 is 0. The molecule has 2 N–H and O–H groups in total. The Balaban J connectivity index is 2.01. The molecular weight excluding hydrogens is 202 g/mol. The van der Waals surface area contributed by atoms with Crippen LogP contribution in [-0.4, -0.2) is 25.0 Å². The van der Waals surface area contributed by atoms with Crippen LogP contribution in [0, 0.1) is 5.92 Å². The predicted molar refractivity (Wildman–Crippen MR) is 65.3 cm³/mol. The number of carbonyl (C=O) groups excluding carboxylic acids is 1. The van der Waals surface area contributed by atoms with Gasteiger partial charge in [-0.05, 0) is 44.6 Å². The number of hydrogen-bond donors (Lipinski definition) is 1. The Kier molecular flexibility index (Phi) is 6.65. The summed E-state index contributed by atoms with van der Waals surface area (Å²) in [6.07, 6.45) is 6.99. The minimum absolute atomic E-state index is 0.352. The molecular formula is C13H25NO2. The van der Waals surface area contributed by atoms with E-state index in [4.69, 9.17) is 10.5 Å². The fourth-order valence-electron chi connectivity index (χ4n) is 2.16. The van der Waals surface area contributed by atoms with Crippen LogP contribution in [0.15, 0.2) is 0 Å². The number of rotatable bonds is 8. The second-order valence-electron chi connectivity index (χ2n) is 4.93. The molecule has 0 spiro atoms. The summed E-state index contributed by atoms with van der Waals surface area (Å²) in [5, 5.41) is 0. The summed E-state index contributed by atoms with van der Waals surface area (Å²) in [5.41, 5.74) is 5.48. The molecule has 1 saturated heterocycles. The molecule has 2 unspecified atom stereocenters. The minimum atomic E-state index is 0.352. The maximum absolute atomic E-state index is 11.6. The first kappa shape index (κ1) is 13.7. The summed E-state index contributed by atoms with van der Waals surface area (Å²) < 4.78 is 5.50. The van der Waals surface area contributed by atoms with Gasteiger partial charge in [-0.2, -0.15) is 0 Å². The van der Waals surface area contributed by atoms with Gasteiger partial charge in [0.15, 0.2) is 0 Å². The van der Waals surface area contributed by atoms with E-state index in [-0.39, 0.29) is 0 Å². The van der Waals surface area contributed by atoms with Crippen molar-refractivity contribution in [2.45, 2.75) is 58.0 Å². The fraction of sp³-hybridized carbons (Fsp3) is 0.923. The van der Waals surface area contributed by atoms with E-state index in [1.165, 1.54) is 0 Å². The van der Waals surface area contributed by atoms with Gasteiger partial charge in [0.05, 0.1) is 6.10 Å². The van der Waals surface area contributed by atoms with E-state index in [1.54, 1.807) is 0 Å². The van der Waals surface area contributed by atoms with Crippen LogP contribution in [0.2, 0.25) is 0 Å². The molecule has 0 saturated carbocycles. The van der Waals surface area contributed by atoms with Gasteiger partial charge in [-0.25, -0.2) is 0 Å². The van der Waals surface area contributed by atoms with Gasteiger partial charge in [0.2, 0.25) is 0 Å². The van der Waals surface area contributed by atoms with E-state index in [1.807, 2.05) is 0 Å². The smallest absolute Gasteiger partial charge is 0.133 e. The van der Waals surface area contributed by atoms with Crippen LogP contribution in [0.25, 0.3) is 0 Å². The summed E-state index contributed by atoms with van der Waals surface area (Å²) in [7, 11) is 0. The van der Waals surface area contributed by atoms with Crippen molar-refractivity contribution in [2.75, 3.05) is 13.2 Å². The maximum Gasteiger partial charge on any atom is 0.133 e. The summed E-state index contributed by atoms with van der Waals surface area (Å²) in [5.74, 6) is 0.969. The van der Waals surface area contributed by atoms with E-state index in [9.17, 15) is 4.79 Å². The summed E-state index contributed by atoms with van der Waals surface area (Å²) in [6.45, 7) is 3.78. The Hall–Kier alpha value is -0.410. The molecule has 94 valence electrons. The lowest BCUT2D eigenvalue weighted by molar-refractivity contribution is -0.119. The normalized spacial score (nSPS) is 22.2. The molecule has 0 aromatic heterocycles. The molecule has 0 bridgehead atoms. The van der Waals surface area contributed by atoms with Crippen LogP contribution < -0.4 is 5.73 Å². The van der Waals surface area contributed by atoms with Crippen LogP contribution in [0.4, 0.5) is 0 Å². The number of hydrogen-bond acceptors (Lipinski definition) is 3. The number of ketones is 1. The first-order valence-corrected chi connectivity index (χ1v) is 6.55. The number of nitrogens with two attached hydrogens (primary N) is 1. The fourth-order valence-corrected chi connectivity index (χ4v) is 2.16. The molecule has 3 nitrogen and oxygen atoms in total. The van der Waals surface area contributed by atoms with Gasteiger partial charge in [-0.15, -0.1) is 0 Å². The van der Waals surface area contributed by atoms with Gasteiger partial charge in [0, 0.05) is 19.4 Å². The lowest BCUT2D eigenvalue weighted by Crippen LogP contribution is -2.10. The van der Waals surface area contributed by atoms with Gasteiger partial charge >= 0.3 is 0 Å². The van der Waals surface area contributed by atoms with Crippen LogP contribution in [0.3, 0.4) is 0 Å². The zero-order chi connectivity index (χ0) is 11.8. The average molecular weight is 227 g/mol. The third-order valence-corrected chi connectivity index (χ3v) is 3.34. The first-order chi connectivity index (χ1) is 7.72. The maximum atomic E-state index is 11.6. The summed E-state index contributed by atoms with van der Waals surface area (Å²) in [4.78, 5) is 11.6. The van der Waals surface area contributed by atoms with Crippen molar-refractivity contribution in [3.8, 4) is 0 Å². The molecule has 0 aromatic carbocycles. The molecule has 0 radical (unpaired) electrons. The van der Waals surface area contributed by atoms with E-state index in [2.05, 4.69) is 6.92 Å². The van der Waals surface area contributed by atoms with Crippen molar-refractivity contribution < 1.29 is 9.53 Å². The van der Waals surface area contributed by atoms with Crippen molar-refractivity contribution in [2.24, 2.45) is 11.7 Å². The molecule has 1 heterocycles. The van der Waals surface area contributed by atoms with E-state index < -0.39 is 0 Å². The highest BCUT2D eigenvalue weighted by Crippen LogP contribution is 2.18. The molecule has 0 amide bonds. The number of carbonyl (C=O) groups is 1. The Labute approximate surface area is 98.7 Å². The Morgan fingerprint density at radius 3 is 2.88 bits per heavy atom. The van der Waals surface area contributed by atoms with Crippen LogP contribution in [0.5, 0.6) is 0 Å². The van der Waals surface area contributed by atoms with Crippen LogP contribution >= 0.6 is 0 Å². The summed E-state index contributed by atoms with van der Waals surface area (Å²) in [6, 6.07) is 0. The molecule has 1 aliphatic rings. The topological polar surface area (TPSA) is 52.3 Å². The molecule has 1 rings (SSSR count). The minimum Gasteiger partial charge on any atom is -0.378 e. The molecule has 1 aliphatic heterocycles. The average Bonchev–Trinajstić information content (AvgIpc) is 2.77. The molecule has 1 fully saturated rings. The Morgan fingerprint density at radius 2 is 2.25 bits per heavy atom. The highest BCUT2D eigenvalue weighted by atomic mass is 16.5. The van der Waals surface area contributed by atoms with Crippen molar-refractivity contribution in [1.29, 1.82) is 0 Å². The monoisotopic (exact) mass is 227 g/mol. The molecule has 16 heavy (non-hydrogen) atoms. The van der Waals surface area contributed by atoms with Gasteiger partial charge in [-0.3, -0.25) is 4.79 Å². The molecule has 3 heteroatoms. The van der Waals surface area contributed by atoms with Gasteiger partial charge < -0.3 is 10.5 Å². The SMILES string of the molecule is CC(CCN)CCC(=O)CCC1CCCO1. The van der Waals surface area contributed by atoms with E-state index >= 15 is 0 Å². The molecule has 0 aliphatic carbocycles. The number of ether oxygens (including phenoxy) is 1. The standard InChI is InChI=1S/C13H25NO2/c1-11(8-9-14)4-5-12(15)6-7-13-3-2-10-16-13/h11,13H,2-10,14H2,1H3. The van der Waals surface area contributed by atoms with Crippen LogP contribution in [-0.2, 0) is 9.53 Å². The third-order valence-electron chi connectivity index (χ3n) is 3.34. The van der Waals surface area contributed by atoms with Crippen molar-refractivity contribution in [1.82, 2.24) is 0 Å². The number of Topliss-reactive ketones (excluding diaryl/α,β-unsaturated/α-hetero) is 1. The Bertz CT molecular complexity index is 200. The lowest BCUT2D eigenvalue weighted by atomic mass is 9.98. The van der Waals surface area contributed by atoms with E-state index in [0.717, 1.165) is 45.3 Å². The Morgan fingerprint density at radius 1 is 1.44 bits per heavy atom. The predicted octanol–water partition coefficient (Wildman–Crippen LogP) is 2.28. The molecule has 0 aromatic rings. The van der Waals surface area contributed by atoms with Gasteiger partial charge in [-0.1, -0.05) is 6.92 Å². The highest BCUT2D eigenvalue weighted by Gasteiger charge is 2.16. The highest BCUT2D eigenvalue weighted by molar-refractivity contribution is 5.78. The lowest BCUT2D eigenvalue weighted by Gasteiger charge is -2.10. The first-order valence-electron chi connectivity index (χ1n) is 6.55. The quantitative estimate of drug-likeness (QED) is 0.692. The van der Waals surface area contributed by atoms with Gasteiger partial charge in [0.1, 0.15) is 5.78 Å². The zero-order valence-corrected chi connectivity index (χ0v) is 10.4. The van der Waals surface area contributed by atoms with Crippen molar-refractivity contribution >= 4 is 5.78 Å². The second-order valence-corrected chi connectivity index (χ2v) is 4.93. The van der Waals surface area contributed by atoms with Gasteiger partial charge in [0.25, 0.3) is 0 Å². The van der Waals surface area contributed by atoms with Crippen molar-refractivity contribution in [3.05, 3.63) is 0 Å². The van der Waals surface area contributed by atoms with Crippen LogP contribution in [0.1, 0.15) is 51.9 Å². The van der Waals surface area contributed by atoms with Crippen molar-refractivity contribution in [3.63, 3.8) is 0 Å². The zero-order valence-electron chi connectivity index (χ0n) is 10.4. The van der Waals surface area contributed by atoms with E-state index in [0.29, 0.717) is 30.6 Å². The second kappa shape index (κ2) is 7.80. The third kappa shape index (κ3) is 5.61.